The minimum Gasteiger partial charge on any atom is -0.377 e. The third kappa shape index (κ3) is 4.50. The fourth-order valence-electron chi connectivity index (χ4n) is 4.67. The Hall–Kier alpha value is -3.74. The van der Waals surface area contributed by atoms with Crippen LogP contribution in [-0.4, -0.2) is 74.7 Å². The van der Waals surface area contributed by atoms with Crippen molar-refractivity contribution in [2.24, 2.45) is 7.05 Å². The fraction of sp³-hybridized carbons (Fsp3) is 0.385. The molecule has 1 aliphatic heterocycles. The van der Waals surface area contributed by atoms with Gasteiger partial charge in [-0.25, -0.2) is 9.50 Å². The zero-order valence-electron chi connectivity index (χ0n) is 19.8. The molecule has 0 radical (unpaired) electrons. The first-order chi connectivity index (χ1) is 17.2. The summed E-state index contributed by atoms with van der Waals surface area (Å²) in [7, 11) is 1.90. The van der Waals surface area contributed by atoms with Crippen molar-refractivity contribution in [3.63, 3.8) is 0 Å². The van der Waals surface area contributed by atoms with E-state index < -0.39 is 0 Å². The van der Waals surface area contributed by atoms with Crippen molar-refractivity contribution in [3.8, 4) is 28.3 Å². The number of ether oxygens (including phenoxy) is 1. The zero-order valence-corrected chi connectivity index (χ0v) is 19.8. The lowest BCUT2D eigenvalue weighted by Crippen LogP contribution is -2.47. The maximum Gasteiger partial charge on any atom is 0.128 e. The molecule has 2 fully saturated rings. The number of anilines is 1. The molecule has 0 N–H and O–H groups in total. The molecule has 0 spiro atoms. The van der Waals surface area contributed by atoms with E-state index >= 15 is 0 Å². The molecular formula is C26H28N8O. The van der Waals surface area contributed by atoms with Crippen molar-refractivity contribution in [3.05, 3.63) is 54.7 Å². The van der Waals surface area contributed by atoms with Crippen molar-refractivity contribution in [2.75, 3.05) is 44.2 Å². The zero-order chi connectivity index (χ0) is 23.8. The van der Waals surface area contributed by atoms with Crippen molar-refractivity contribution in [2.45, 2.75) is 18.9 Å². The fourth-order valence-corrected chi connectivity index (χ4v) is 4.67. The second-order valence-corrected chi connectivity index (χ2v) is 9.31. The van der Waals surface area contributed by atoms with Gasteiger partial charge in [0.1, 0.15) is 11.9 Å². The SMILES string of the molecule is Cn1cc(-c2cc(-c3ccc(N4CCN(CCOC5CC5)CC4)nc3)c3c(C#N)cnn3c2)cn1. The Labute approximate surface area is 204 Å². The van der Waals surface area contributed by atoms with Crippen LogP contribution in [0.4, 0.5) is 5.82 Å². The summed E-state index contributed by atoms with van der Waals surface area (Å²) < 4.78 is 9.35. The molecule has 0 amide bonds. The van der Waals surface area contributed by atoms with Crippen LogP contribution in [0, 0.1) is 11.3 Å². The predicted molar refractivity (Wildman–Crippen MR) is 133 cm³/mol. The topological polar surface area (TPSA) is 87.5 Å². The van der Waals surface area contributed by atoms with Crippen molar-refractivity contribution in [1.29, 1.82) is 5.26 Å². The number of aryl methyl sites for hydroxylation is 1. The first-order valence-electron chi connectivity index (χ1n) is 12.1. The Morgan fingerprint density at radius 3 is 2.54 bits per heavy atom. The van der Waals surface area contributed by atoms with Crippen LogP contribution < -0.4 is 4.90 Å². The molecule has 6 rings (SSSR count). The van der Waals surface area contributed by atoms with Crippen LogP contribution >= 0.6 is 0 Å². The quantitative estimate of drug-likeness (QED) is 0.412. The van der Waals surface area contributed by atoms with Gasteiger partial charge in [0.15, 0.2) is 0 Å². The molecule has 9 nitrogen and oxygen atoms in total. The van der Waals surface area contributed by atoms with Gasteiger partial charge in [-0.05, 0) is 31.0 Å². The summed E-state index contributed by atoms with van der Waals surface area (Å²) in [5.74, 6) is 0.982. The van der Waals surface area contributed by atoms with Crippen LogP contribution in [0.25, 0.3) is 27.8 Å². The number of hydrogen-bond acceptors (Lipinski definition) is 7. The number of pyridine rings is 2. The van der Waals surface area contributed by atoms with Gasteiger partial charge in [0.2, 0.25) is 0 Å². The normalized spacial score (nSPS) is 16.6. The molecule has 4 aromatic rings. The molecule has 2 aliphatic rings. The molecule has 0 unspecified atom stereocenters. The summed E-state index contributed by atoms with van der Waals surface area (Å²) in [4.78, 5) is 9.61. The molecule has 1 saturated carbocycles. The third-order valence-corrected chi connectivity index (χ3v) is 6.81. The summed E-state index contributed by atoms with van der Waals surface area (Å²) in [6, 6.07) is 8.54. The van der Waals surface area contributed by atoms with Crippen molar-refractivity contribution < 1.29 is 4.74 Å². The van der Waals surface area contributed by atoms with Crippen LogP contribution in [0.1, 0.15) is 18.4 Å². The van der Waals surface area contributed by atoms with E-state index in [1.165, 1.54) is 12.8 Å². The lowest BCUT2D eigenvalue weighted by Gasteiger charge is -2.35. The highest BCUT2D eigenvalue weighted by Crippen LogP contribution is 2.32. The number of nitrogens with zero attached hydrogens (tertiary/aromatic N) is 8. The van der Waals surface area contributed by atoms with Crippen molar-refractivity contribution >= 4 is 11.3 Å². The average molecular weight is 469 g/mol. The van der Waals surface area contributed by atoms with Crippen LogP contribution in [0.15, 0.2) is 49.2 Å². The number of fused-ring (bicyclic) bond motifs is 1. The van der Waals surface area contributed by atoms with Gasteiger partial charge < -0.3 is 9.64 Å². The van der Waals surface area contributed by atoms with E-state index in [0.29, 0.717) is 11.7 Å². The Bertz CT molecular complexity index is 1370. The first kappa shape index (κ1) is 21.8. The van der Waals surface area contributed by atoms with E-state index in [9.17, 15) is 5.26 Å². The second kappa shape index (κ2) is 9.13. The van der Waals surface area contributed by atoms with E-state index in [1.54, 1.807) is 15.4 Å². The molecule has 178 valence electrons. The summed E-state index contributed by atoms with van der Waals surface area (Å²) in [5.41, 5.74) is 5.20. The van der Waals surface area contributed by atoms with Crippen LogP contribution in [-0.2, 0) is 11.8 Å². The van der Waals surface area contributed by atoms with Gasteiger partial charge in [-0.1, -0.05) is 0 Å². The monoisotopic (exact) mass is 468 g/mol. The highest BCUT2D eigenvalue weighted by molar-refractivity contribution is 5.87. The minimum atomic E-state index is 0.525. The van der Waals surface area contributed by atoms with Gasteiger partial charge >= 0.3 is 0 Å². The van der Waals surface area contributed by atoms with Crippen LogP contribution in [0.2, 0.25) is 0 Å². The summed E-state index contributed by atoms with van der Waals surface area (Å²) in [5, 5.41) is 18.4. The number of hydrogen-bond donors (Lipinski definition) is 0. The summed E-state index contributed by atoms with van der Waals surface area (Å²) in [6.07, 6.45) is 12.2. The average Bonchev–Trinajstić information content (AvgIpc) is 3.46. The molecule has 0 aromatic carbocycles. The van der Waals surface area contributed by atoms with E-state index in [-0.39, 0.29) is 0 Å². The number of piperazine rings is 1. The van der Waals surface area contributed by atoms with E-state index in [1.807, 2.05) is 31.8 Å². The molecule has 0 atom stereocenters. The number of aromatic nitrogens is 5. The lowest BCUT2D eigenvalue weighted by molar-refractivity contribution is 0.0899. The van der Waals surface area contributed by atoms with Gasteiger partial charge in [-0.2, -0.15) is 15.5 Å². The Balaban J connectivity index is 1.22. The van der Waals surface area contributed by atoms with E-state index in [4.69, 9.17) is 9.72 Å². The summed E-state index contributed by atoms with van der Waals surface area (Å²) in [6.45, 7) is 5.80. The lowest BCUT2D eigenvalue weighted by atomic mass is 10.0. The van der Waals surface area contributed by atoms with Crippen LogP contribution in [0.3, 0.4) is 0 Å². The number of nitriles is 1. The molecule has 0 bridgehead atoms. The van der Waals surface area contributed by atoms with E-state index in [0.717, 1.165) is 72.9 Å². The van der Waals surface area contributed by atoms with Gasteiger partial charge in [-0.15, -0.1) is 0 Å². The minimum absolute atomic E-state index is 0.525. The molecule has 1 aliphatic carbocycles. The third-order valence-electron chi connectivity index (χ3n) is 6.81. The van der Waals surface area contributed by atoms with E-state index in [2.05, 4.69) is 44.3 Å². The highest BCUT2D eigenvalue weighted by atomic mass is 16.5. The molecule has 4 aromatic heterocycles. The van der Waals surface area contributed by atoms with Gasteiger partial charge in [0, 0.05) is 80.6 Å². The van der Waals surface area contributed by atoms with Gasteiger partial charge in [0.25, 0.3) is 0 Å². The van der Waals surface area contributed by atoms with Gasteiger partial charge in [0.05, 0.1) is 36.2 Å². The predicted octanol–water partition coefficient (Wildman–Crippen LogP) is 2.97. The highest BCUT2D eigenvalue weighted by Gasteiger charge is 2.23. The van der Waals surface area contributed by atoms with Crippen molar-refractivity contribution in [1.82, 2.24) is 29.3 Å². The Morgan fingerprint density at radius 2 is 1.86 bits per heavy atom. The summed E-state index contributed by atoms with van der Waals surface area (Å²) >= 11 is 0. The van der Waals surface area contributed by atoms with Crippen LogP contribution in [0.5, 0.6) is 0 Å². The molecule has 5 heterocycles. The first-order valence-corrected chi connectivity index (χ1v) is 12.1. The molecular weight excluding hydrogens is 440 g/mol. The second-order valence-electron chi connectivity index (χ2n) is 9.31. The number of rotatable bonds is 7. The van der Waals surface area contributed by atoms with Gasteiger partial charge in [-0.3, -0.25) is 9.58 Å². The Morgan fingerprint density at radius 1 is 1.00 bits per heavy atom. The maximum absolute atomic E-state index is 9.65. The Kier molecular flexibility index (Phi) is 5.68. The smallest absolute Gasteiger partial charge is 0.128 e. The molecule has 1 saturated heterocycles. The molecule has 35 heavy (non-hydrogen) atoms. The standard InChI is InChI=1S/C26H28N8O/c1-31-17-22(16-29-31)20-12-24(26-21(13-27)15-30-34(26)18-20)19-2-5-25(28-14-19)33-8-6-32(7-9-33)10-11-35-23-3-4-23/h2,5,12,14-18,23H,3-4,6-11H2,1H3. The maximum atomic E-state index is 9.65. The molecule has 9 heteroatoms. The largest absolute Gasteiger partial charge is 0.377 e.